The minimum Gasteiger partial charge on any atom is -0.382 e. The van der Waals surface area contributed by atoms with Crippen LogP contribution in [-0.4, -0.2) is 5.84 Å². The first-order valence-electron chi connectivity index (χ1n) is 1.33. The summed E-state index contributed by atoms with van der Waals surface area (Å²) in [6.45, 7) is 2.74. The van der Waals surface area contributed by atoms with Crippen molar-refractivity contribution in [2.75, 3.05) is 0 Å². The third-order valence-electron chi connectivity index (χ3n) is 0.292. The highest BCUT2D eigenvalue weighted by Gasteiger charge is 1.87. The zero-order chi connectivity index (χ0) is 5.15. The molecule has 0 spiro atoms. The van der Waals surface area contributed by atoms with Crippen molar-refractivity contribution >= 4 is 5.84 Å². The van der Waals surface area contributed by atoms with Crippen LogP contribution in [0.1, 0.15) is 0 Å². The molecule has 0 atom stereocenters. The lowest BCUT2D eigenvalue weighted by Gasteiger charge is -1.81. The molecule has 0 radical (unpaired) electrons. The Balaban J connectivity index is 3.57. The second kappa shape index (κ2) is 1.55. The summed E-state index contributed by atoms with van der Waals surface area (Å²) < 4.78 is 11.3. The van der Waals surface area contributed by atoms with Crippen LogP contribution in [0.15, 0.2) is 12.4 Å². The average Bonchev–Trinajstić information content (AvgIpc) is 1.36. The molecule has 0 fully saturated rings. The van der Waals surface area contributed by atoms with E-state index in [9.17, 15) is 4.39 Å². The van der Waals surface area contributed by atoms with Gasteiger partial charge in [-0.3, -0.25) is 5.41 Å². The Morgan fingerprint density at radius 1 is 1.83 bits per heavy atom. The number of nitrogens with two attached hydrogens (primary N) is 1. The van der Waals surface area contributed by atoms with Gasteiger partial charge in [-0.15, -0.1) is 0 Å². The van der Waals surface area contributed by atoms with Crippen molar-refractivity contribution in [3.63, 3.8) is 0 Å². The molecule has 3 heteroatoms. The molecule has 0 saturated heterocycles. The van der Waals surface area contributed by atoms with Gasteiger partial charge in [-0.1, -0.05) is 6.58 Å². The Labute approximate surface area is 35.0 Å². The van der Waals surface area contributed by atoms with Crippen LogP contribution in [0.5, 0.6) is 0 Å². The first-order chi connectivity index (χ1) is 2.64. The highest BCUT2D eigenvalue weighted by atomic mass is 19.1. The summed E-state index contributed by atoms with van der Waals surface area (Å²) in [4.78, 5) is 0. The van der Waals surface area contributed by atoms with Crippen molar-refractivity contribution in [3.8, 4) is 0 Å². The minimum atomic E-state index is -0.880. The van der Waals surface area contributed by atoms with Crippen LogP contribution in [0.25, 0.3) is 0 Å². The van der Waals surface area contributed by atoms with Gasteiger partial charge in [-0.05, 0) is 0 Å². The largest absolute Gasteiger partial charge is 0.382 e. The van der Waals surface area contributed by atoms with E-state index in [2.05, 4.69) is 12.3 Å². The molecular weight excluding hydrogens is 83.0 g/mol. The predicted molar refractivity (Wildman–Crippen MR) is 22.2 cm³/mol. The third-order valence-corrected chi connectivity index (χ3v) is 0.292. The van der Waals surface area contributed by atoms with Gasteiger partial charge in [0, 0.05) is 0 Å². The van der Waals surface area contributed by atoms with Gasteiger partial charge in [0.15, 0.2) is 11.7 Å². The molecule has 0 aliphatic heterocycles. The lowest BCUT2D eigenvalue weighted by molar-refractivity contribution is 0.682. The SMILES string of the molecule is C=C(F)C(=N)N. The molecule has 0 amide bonds. The number of hydrogen-bond acceptors (Lipinski definition) is 1. The molecule has 0 saturated carbocycles. The fourth-order valence-electron chi connectivity index (χ4n) is 0. The highest BCUT2D eigenvalue weighted by molar-refractivity contribution is 5.91. The van der Waals surface area contributed by atoms with Gasteiger partial charge in [0.2, 0.25) is 0 Å². The van der Waals surface area contributed by atoms with E-state index in [1.54, 1.807) is 0 Å². The summed E-state index contributed by atoms with van der Waals surface area (Å²) in [5.74, 6) is -1.48. The van der Waals surface area contributed by atoms with Crippen LogP contribution in [0.4, 0.5) is 4.39 Å². The Morgan fingerprint density at radius 3 is 2.00 bits per heavy atom. The van der Waals surface area contributed by atoms with Gasteiger partial charge < -0.3 is 5.73 Å². The van der Waals surface area contributed by atoms with Crippen molar-refractivity contribution in [2.24, 2.45) is 5.73 Å². The molecule has 6 heavy (non-hydrogen) atoms. The van der Waals surface area contributed by atoms with Crippen LogP contribution in [0.2, 0.25) is 0 Å². The lowest BCUT2D eigenvalue weighted by atomic mass is 10.6. The summed E-state index contributed by atoms with van der Waals surface area (Å²) in [6, 6.07) is 0. The number of amidine groups is 1. The second-order valence-electron chi connectivity index (χ2n) is 0.819. The van der Waals surface area contributed by atoms with Crippen LogP contribution in [-0.2, 0) is 0 Å². The first-order valence-corrected chi connectivity index (χ1v) is 1.33. The fraction of sp³-hybridized carbons (Fsp3) is 0. The first kappa shape index (κ1) is 5.14. The van der Waals surface area contributed by atoms with Crippen molar-refractivity contribution in [2.45, 2.75) is 0 Å². The van der Waals surface area contributed by atoms with Gasteiger partial charge >= 0.3 is 0 Å². The predicted octanol–water partition coefficient (Wildman–Crippen LogP) is 0.406. The average molecular weight is 88.1 g/mol. The standard InChI is InChI=1S/C3H5FN2/c1-2(4)3(5)6/h1H2,(H3,5,6). The van der Waals surface area contributed by atoms with Gasteiger partial charge in [0.05, 0.1) is 0 Å². The monoisotopic (exact) mass is 88.0 g/mol. The summed E-state index contributed by atoms with van der Waals surface area (Å²) >= 11 is 0. The van der Waals surface area contributed by atoms with E-state index in [1.165, 1.54) is 0 Å². The van der Waals surface area contributed by atoms with Gasteiger partial charge in [-0.2, -0.15) is 0 Å². The Hall–Kier alpha value is -0.860. The van der Waals surface area contributed by atoms with Crippen LogP contribution >= 0.6 is 0 Å². The summed E-state index contributed by atoms with van der Waals surface area (Å²) in [5, 5.41) is 6.25. The molecule has 0 bridgehead atoms. The summed E-state index contributed by atoms with van der Waals surface area (Å²) in [7, 11) is 0. The molecule has 0 aromatic carbocycles. The second-order valence-corrected chi connectivity index (χ2v) is 0.819. The molecule has 2 nitrogen and oxygen atoms in total. The van der Waals surface area contributed by atoms with E-state index < -0.39 is 11.7 Å². The number of hydrogen-bond donors (Lipinski definition) is 2. The Kier molecular flexibility index (Phi) is 1.32. The van der Waals surface area contributed by atoms with Gasteiger partial charge in [-0.25, -0.2) is 4.39 Å². The molecule has 0 aliphatic rings. The molecule has 0 aromatic heterocycles. The molecule has 0 rings (SSSR count). The maximum atomic E-state index is 11.3. The Morgan fingerprint density at radius 2 is 2.00 bits per heavy atom. The minimum absolute atomic E-state index is 0.602. The highest BCUT2D eigenvalue weighted by Crippen LogP contribution is 1.84. The van der Waals surface area contributed by atoms with Crippen molar-refractivity contribution in [1.82, 2.24) is 0 Å². The van der Waals surface area contributed by atoms with Gasteiger partial charge in [0.1, 0.15) is 0 Å². The Bertz CT molecular complexity index is 74.8. The van der Waals surface area contributed by atoms with Crippen LogP contribution < -0.4 is 5.73 Å². The van der Waals surface area contributed by atoms with E-state index in [1.807, 2.05) is 0 Å². The van der Waals surface area contributed by atoms with E-state index in [4.69, 9.17) is 5.41 Å². The lowest BCUT2D eigenvalue weighted by Crippen LogP contribution is -2.08. The fourth-order valence-corrected chi connectivity index (χ4v) is 0. The van der Waals surface area contributed by atoms with Crippen LogP contribution in [0.3, 0.4) is 0 Å². The van der Waals surface area contributed by atoms with Crippen molar-refractivity contribution in [3.05, 3.63) is 12.4 Å². The molecule has 0 heterocycles. The van der Waals surface area contributed by atoms with E-state index in [0.717, 1.165) is 0 Å². The molecule has 0 unspecified atom stereocenters. The van der Waals surface area contributed by atoms with E-state index in [-0.39, 0.29) is 0 Å². The normalized spacial score (nSPS) is 7.50. The maximum absolute atomic E-state index is 11.3. The summed E-state index contributed by atoms with van der Waals surface area (Å²) in [5.41, 5.74) is 4.54. The van der Waals surface area contributed by atoms with Crippen molar-refractivity contribution in [1.29, 1.82) is 5.41 Å². The van der Waals surface area contributed by atoms with Gasteiger partial charge in [0.25, 0.3) is 0 Å². The summed E-state index contributed by atoms with van der Waals surface area (Å²) in [6.07, 6.45) is 0. The van der Waals surface area contributed by atoms with Crippen molar-refractivity contribution < 1.29 is 4.39 Å². The van der Waals surface area contributed by atoms with E-state index >= 15 is 0 Å². The number of rotatable bonds is 1. The third kappa shape index (κ3) is 1.46. The molecule has 3 N–H and O–H groups in total. The zero-order valence-electron chi connectivity index (χ0n) is 3.16. The quantitative estimate of drug-likeness (QED) is 0.354. The maximum Gasteiger partial charge on any atom is 0.157 e. The number of halogens is 1. The molecule has 0 aromatic rings. The molecule has 0 aliphatic carbocycles. The smallest absolute Gasteiger partial charge is 0.157 e. The van der Waals surface area contributed by atoms with E-state index in [0.29, 0.717) is 0 Å². The molecular formula is C3H5FN2. The molecule has 34 valence electrons. The zero-order valence-corrected chi connectivity index (χ0v) is 3.16. The van der Waals surface area contributed by atoms with Crippen LogP contribution in [0, 0.1) is 5.41 Å². The number of nitrogens with one attached hydrogen (secondary N) is 1. The topological polar surface area (TPSA) is 49.9 Å².